The van der Waals surface area contributed by atoms with Crippen LogP contribution in [0.15, 0.2) is 42.5 Å². The molecule has 1 amide bonds. The highest BCUT2D eigenvalue weighted by atomic mass is 16.5. The maximum atomic E-state index is 10.7. The highest BCUT2D eigenvalue weighted by Gasteiger charge is 2.15. The first-order chi connectivity index (χ1) is 13.1. The van der Waals surface area contributed by atoms with Gasteiger partial charge in [-0.05, 0) is 55.7 Å². The van der Waals surface area contributed by atoms with Crippen LogP contribution in [0.2, 0.25) is 0 Å². The van der Waals surface area contributed by atoms with E-state index in [0.29, 0.717) is 25.2 Å². The van der Waals surface area contributed by atoms with Gasteiger partial charge >= 0.3 is 0 Å². The lowest BCUT2D eigenvalue weighted by molar-refractivity contribution is -0.105. The van der Waals surface area contributed by atoms with Gasteiger partial charge in [0.05, 0.1) is 18.9 Å². The topological polar surface area (TPSA) is 79.8 Å². The lowest BCUT2D eigenvalue weighted by Crippen LogP contribution is -2.33. The summed E-state index contributed by atoms with van der Waals surface area (Å²) in [5.74, 6) is 0.879. The van der Waals surface area contributed by atoms with Crippen LogP contribution in [0.4, 0.5) is 5.69 Å². The third-order valence-corrected chi connectivity index (χ3v) is 4.33. The van der Waals surface area contributed by atoms with Crippen LogP contribution in [0.25, 0.3) is 0 Å². The lowest BCUT2D eigenvalue weighted by atomic mass is 10.0. The normalized spacial score (nSPS) is 13.0. The highest BCUT2D eigenvalue weighted by molar-refractivity contribution is 5.75. The van der Waals surface area contributed by atoms with Gasteiger partial charge in [0.2, 0.25) is 6.41 Å². The van der Waals surface area contributed by atoms with Gasteiger partial charge in [0, 0.05) is 19.2 Å². The molecule has 0 aromatic heterocycles. The van der Waals surface area contributed by atoms with Crippen molar-refractivity contribution in [2.45, 2.75) is 32.4 Å². The van der Waals surface area contributed by atoms with Crippen molar-refractivity contribution >= 4 is 12.1 Å². The summed E-state index contributed by atoms with van der Waals surface area (Å²) in [5.41, 5.74) is 2.49. The summed E-state index contributed by atoms with van der Waals surface area (Å²) in [6.45, 7) is 5.26. The Kier molecular flexibility index (Phi) is 8.10. The van der Waals surface area contributed by atoms with Crippen LogP contribution in [-0.4, -0.2) is 37.8 Å². The molecule has 0 fully saturated rings. The van der Waals surface area contributed by atoms with Gasteiger partial charge in [-0.1, -0.05) is 18.2 Å². The summed E-state index contributed by atoms with van der Waals surface area (Å²) in [4.78, 5) is 10.7. The van der Waals surface area contributed by atoms with Gasteiger partial charge in [0.15, 0.2) is 0 Å². The van der Waals surface area contributed by atoms with Crippen molar-refractivity contribution in [3.63, 3.8) is 0 Å². The number of aromatic hydroxyl groups is 1. The molecule has 2 atom stereocenters. The molecule has 0 spiro atoms. The maximum absolute atomic E-state index is 10.7. The van der Waals surface area contributed by atoms with Crippen LogP contribution in [0.3, 0.4) is 0 Å². The second-order valence-electron chi connectivity index (χ2n) is 6.34. The third-order valence-electron chi connectivity index (χ3n) is 4.33. The van der Waals surface area contributed by atoms with Crippen molar-refractivity contribution in [3.05, 3.63) is 53.6 Å². The SMILES string of the molecule is CCOC(CNC(C)Cc1ccc(OC)cc1)c1ccc(O)c(NC=O)c1. The van der Waals surface area contributed by atoms with Gasteiger partial charge in [0.1, 0.15) is 11.5 Å². The molecule has 0 aliphatic carbocycles. The molecule has 2 aromatic rings. The van der Waals surface area contributed by atoms with Gasteiger partial charge in [0.25, 0.3) is 0 Å². The van der Waals surface area contributed by atoms with Crippen molar-refractivity contribution in [1.29, 1.82) is 0 Å². The average molecular weight is 372 g/mol. The number of ether oxygens (including phenoxy) is 2. The molecule has 0 heterocycles. The Morgan fingerprint density at radius 2 is 1.93 bits per heavy atom. The molecule has 27 heavy (non-hydrogen) atoms. The van der Waals surface area contributed by atoms with Gasteiger partial charge in [-0.15, -0.1) is 0 Å². The molecule has 146 valence electrons. The van der Waals surface area contributed by atoms with E-state index in [1.165, 1.54) is 5.56 Å². The molecule has 3 N–H and O–H groups in total. The van der Waals surface area contributed by atoms with Gasteiger partial charge in [-0.3, -0.25) is 4.79 Å². The molecule has 2 aromatic carbocycles. The molecule has 0 bridgehead atoms. The lowest BCUT2D eigenvalue weighted by Gasteiger charge is -2.22. The van der Waals surface area contributed by atoms with E-state index < -0.39 is 0 Å². The molecular formula is C21H28N2O4. The Morgan fingerprint density at radius 3 is 2.56 bits per heavy atom. The highest BCUT2D eigenvalue weighted by Crippen LogP contribution is 2.28. The fraction of sp³-hybridized carbons (Fsp3) is 0.381. The first-order valence-corrected chi connectivity index (χ1v) is 9.08. The number of benzene rings is 2. The third kappa shape index (κ3) is 6.27. The molecular weight excluding hydrogens is 344 g/mol. The fourth-order valence-electron chi connectivity index (χ4n) is 2.90. The molecule has 0 aliphatic heterocycles. The van der Waals surface area contributed by atoms with E-state index in [9.17, 15) is 9.90 Å². The second kappa shape index (κ2) is 10.5. The quantitative estimate of drug-likeness (QED) is 0.417. The number of phenols is 1. The van der Waals surface area contributed by atoms with Crippen LogP contribution in [0.1, 0.15) is 31.1 Å². The molecule has 2 rings (SSSR count). The first-order valence-electron chi connectivity index (χ1n) is 9.08. The van der Waals surface area contributed by atoms with Crippen molar-refractivity contribution in [2.75, 3.05) is 25.6 Å². The van der Waals surface area contributed by atoms with Crippen molar-refractivity contribution in [3.8, 4) is 11.5 Å². The fourth-order valence-corrected chi connectivity index (χ4v) is 2.90. The molecule has 2 unspecified atom stereocenters. The number of methoxy groups -OCH3 is 1. The summed E-state index contributed by atoms with van der Waals surface area (Å²) in [6, 6.07) is 13.4. The van der Waals surface area contributed by atoms with E-state index in [-0.39, 0.29) is 17.9 Å². The molecule has 6 nitrogen and oxygen atoms in total. The Morgan fingerprint density at radius 1 is 1.19 bits per heavy atom. The number of hydrogen-bond donors (Lipinski definition) is 3. The van der Waals surface area contributed by atoms with Gasteiger partial charge in [-0.25, -0.2) is 0 Å². The molecule has 0 saturated carbocycles. The smallest absolute Gasteiger partial charge is 0.211 e. The van der Waals surface area contributed by atoms with Crippen LogP contribution in [-0.2, 0) is 16.0 Å². The Balaban J connectivity index is 1.98. The largest absolute Gasteiger partial charge is 0.506 e. The monoisotopic (exact) mass is 372 g/mol. The van der Waals surface area contributed by atoms with E-state index in [1.807, 2.05) is 25.1 Å². The van der Waals surface area contributed by atoms with Crippen LogP contribution >= 0.6 is 0 Å². The van der Waals surface area contributed by atoms with E-state index in [4.69, 9.17) is 9.47 Å². The number of phenolic OH excluding ortho intramolecular Hbond substituents is 1. The standard InChI is InChI=1S/C21H28N2O4/c1-4-27-21(17-7-10-20(25)19(12-17)23-14-24)13-22-15(2)11-16-5-8-18(26-3)9-6-16/h5-10,12,14-15,21-22,25H,4,11,13H2,1-3H3,(H,23,24). The zero-order chi connectivity index (χ0) is 19.6. The van der Waals surface area contributed by atoms with E-state index in [2.05, 4.69) is 29.7 Å². The summed E-state index contributed by atoms with van der Waals surface area (Å²) in [6.07, 6.45) is 1.25. The van der Waals surface area contributed by atoms with Gasteiger partial charge in [-0.2, -0.15) is 0 Å². The predicted molar refractivity (Wildman–Crippen MR) is 106 cm³/mol. The Hall–Kier alpha value is -2.57. The zero-order valence-electron chi connectivity index (χ0n) is 16.1. The minimum Gasteiger partial charge on any atom is -0.506 e. The number of carbonyl (C=O) groups excluding carboxylic acids is 1. The minimum atomic E-state index is -0.180. The summed E-state index contributed by atoms with van der Waals surface area (Å²) in [7, 11) is 1.66. The average Bonchev–Trinajstić information content (AvgIpc) is 2.68. The van der Waals surface area contributed by atoms with E-state index >= 15 is 0 Å². The van der Waals surface area contributed by atoms with Crippen molar-refractivity contribution in [2.24, 2.45) is 0 Å². The number of anilines is 1. The van der Waals surface area contributed by atoms with Crippen molar-refractivity contribution < 1.29 is 19.4 Å². The second-order valence-corrected chi connectivity index (χ2v) is 6.34. The Bertz CT molecular complexity index is 719. The number of amides is 1. The van der Waals surface area contributed by atoms with E-state index in [0.717, 1.165) is 17.7 Å². The van der Waals surface area contributed by atoms with Crippen molar-refractivity contribution in [1.82, 2.24) is 5.32 Å². The molecule has 0 radical (unpaired) electrons. The summed E-state index contributed by atoms with van der Waals surface area (Å²) < 4.78 is 11.0. The Labute approximate surface area is 160 Å². The summed E-state index contributed by atoms with van der Waals surface area (Å²) >= 11 is 0. The van der Waals surface area contributed by atoms with E-state index in [1.54, 1.807) is 19.2 Å². The molecule has 6 heteroatoms. The number of rotatable bonds is 11. The zero-order valence-corrected chi connectivity index (χ0v) is 16.1. The van der Waals surface area contributed by atoms with Gasteiger partial charge < -0.3 is 25.2 Å². The van der Waals surface area contributed by atoms with Crippen LogP contribution < -0.4 is 15.4 Å². The van der Waals surface area contributed by atoms with Crippen LogP contribution in [0.5, 0.6) is 11.5 Å². The number of carbonyl (C=O) groups is 1. The first kappa shape index (κ1) is 20.7. The maximum Gasteiger partial charge on any atom is 0.211 e. The minimum absolute atomic E-state index is 0.0296. The number of hydrogen-bond acceptors (Lipinski definition) is 5. The molecule has 0 saturated heterocycles. The summed E-state index contributed by atoms with van der Waals surface area (Å²) in [5, 5.41) is 15.8. The number of nitrogens with one attached hydrogen (secondary N) is 2. The molecule has 0 aliphatic rings. The van der Waals surface area contributed by atoms with Crippen LogP contribution in [0, 0.1) is 0 Å². The predicted octanol–water partition coefficient (Wildman–Crippen LogP) is 3.27.